The zero-order valence-corrected chi connectivity index (χ0v) is 7.88. The lowest BCUT2D eigenvalue weighted by Crippen LogP contribution is -2.21. The molecule has 0 radical (unpaired) electrons. The molecule has 15 heavy (non-hydrogen) atoms. The van der Waals surface area contributed by atoms with Gasteiger partial charge in [-0.1, -0.05) is 0 Å². The topological polar surface area (TPSA) is 97.5 Å². The largest absolute Gasteiger partial charge is 0.506 e. The van der Waals surface area contributed by atoms with Crippen molar-refractivity contribution in [3.63, 3.8) is 0 Å². The Bertz CT molecular complexity index is 532. The summed E-state index contributed by atoms with van der Waals surface area (Å²) in [4.78, 5) is 8.00. The number of hydrogen-bond acceptors (Lipinski definition) is 3. The number of nitrogens with zero attached hydrogens (tertiary/aromatic N) is 2. The van der Waals surface area contributed by atoms with Crippen molar-refractivity contribution in [2.75, 3.05) is 0 Å². The molecule has 0 aliphatic rings. The number of guanidine groups is 1. The molecule has 5 N–H and O–H groups in total. The van der Waals surface area contributed by atoms with Gasteiger partial charge in [-0.25, -0.2) is 4.99 Å². The second-order valence-electron chi connectivity index (χ2n) is 3.04. The quantitative estimate of drug-likeness (QED) is 0.471. The number of pyridine rings is 1. The lowest BCUT2D eigenvalue weighted by molar-refractivity contribution is 0.480. The highest BCUT2D eigenvalue weighted by Gasteiger charge is 2.04. The van der Waals surface area contributed by atoms with Crippen molar-refractivity contribution in [2.24, 2.45) is 16.5 Å². The van der Waals surface area contributed by atoms with Gasteiger partial charge in [-0.15, -0.1) is 0 Å². The number of phenolic OH excluding ortho intramolecular Hbond substituents is 1. The van der Waals surface area contributed by atoms with Crippen molar-refractivity contribution in [3.05, 3.63) is 30.5 Å². The van der Waals surface area contributed by atoms with Crippen LogP contribution in [-0.2, 0) is 0 Å². The molecule has 2 rings (SSSR count). The number of aliphatic imine (C=N–C) groups is 1. The van der Waals surface area contributed by atoms with Crippen LogP contribution in [0.4, 0.5) is 5.69 Å². The third kappa shape index (κ3) is 1.67. The standard InChI is InChI=1S/C10H10N4O/c11-10(12)14-7-3-4-8(15)9-6(7)2-1-5-13-9/h1-5,15H,(H4,11,12,14). The zero-order valence-electron chi connectivity index (χ0n) is 7.88. The van der Waals surface area contributed by atoms with Crippen LogP contribution in [0.1, 0.15) is 0 Å². The highest BCUT2D eigenvalue weighted by molar-refractivity contribution is 5.96. The molecule has 76 valence electrons. The van der Waals surface area contributed by atoms with E-state index in [4.69, 9.17) is 11.5 Å². The number of nitrogens with two attached hydrogens (primary N) is 2. The molecule has 1 heterocycles. The van der Waals surface area contributed by atoms with Crippen LogP contribution in [-0.4, -0.2) is 16.1 Å². The minimum Gasteiger partial charge on any atom is -0.506 e. The lowest BCUT2D eigenvalue weighted by Gasteiger charge is -2.03. The Morgan fingerprint density at radius 3 is 2.80 bits per heavy atom. The monoisotopic (exact) mass is 202 g/mol. The van der Waals surface area contributed by atoms with Crippen LogP contribution in [0.5, 0.6) is 5.75 Å². The summed E-state index contributed by atoms with van der Waals surface area (Å²) in [6, 6.07) is 6.70. The molecule has 0 atom stereocenters. The molecule has 0 spiro atoms. The van der Waals surface area contributed by atoms with E-state index in [0.717, 1.165) is 0 Å². The number of aromatic nitrogens is 1. The molecule has 0 unspecified atom stereocenters. The first kappa shape index (κ1) is 9.26. The first-order chi connectivity index (χ1) is 7.18. The van der Waals surface area contributed by atoms with Gasteiger partial charge in [0.1, 0.15) is 11.3 Å². The fourth-order valence-corrected chi connectivity index (χ4v) is 1.38. The maximum absolute atomic E-state index is 9.56. The van der Waals surface area contributed by atoms with Crippen molar-refractivity contribution in [1.29, 1.82) is 0 Å². The molecule has 0 amide bonds. The zero-order chi connectivity index (χ0) is 10.8. The Labute approximate surface area is 86.1 Å². The molecular weight excluding hydrogens is 192 g/mol. The second-order valence-corrected chi connectivity index (χ2v) is 3.04. The number of aromatic hydroxyl groups is 1. The molecule has 0 bridgehead atoms. The van der Waals surface area contributed by atoms with Crippen LogP contribution < -0.4 is 11.5 Å². The summed E-state index contributed by atoms with van der Waals surface area (Å²) < 4.78 is 0. The van der Waals surface area contributed by atoms with E-state index in [-0.39, 0.29) is 11.7 Å². The van der Waals surface area contributed by atoms with E-state index in [9.17, 15) is 5.11 Å². The van der Waals surface area contributed by atoms with Crippen LogP contribution >= 0.6 is 0 Å². The van der Waals surface area contributed by atoms with Gasteiger partial charge in [-0.2, -0.15) is 0 Å². The summed E-state index contributed by atoms with van der Waals surface area (Å²) in [6.07, 6.45) is 1.60. The van der Waals surface area contributed by atoms with Crippen LogP contribution in [0.3, 0.4) is 0 Å². The molecule has 2 aromatic rings. The Hall–Kier alpha value is -2.30. The minimum atomic E-state index is -0.0224. The summed E-state index contributed by atoms with van der Waals surface area (Å²) in [5.74, 6) is 0.0889. The Morgan fingerprint density at radius 2 is 2.07 bits per heavy atom. The first-order valence-electron chi connectivity index (χ1n) is 4.35. The van der Waals surface area contributed by atoms with Gasteiger partial charge in [-0.05, 0) is 24.3 Å². The predicted molar refractivity (Wildman–Crippen MR) is 58.9 cm³/mol. The Kier molecular flexibility index (Phi) is 2.13. The lowest BCUT2D eigenvalue weighted by atomic mass is 10.1. The van der Waals surface area contributed by atoms with Gasteiger partial charge in [0.15, 0.2) is 5.96 Å². The smallest absolute Gasteiger partial charge is 0.191 e. The molecule has 5 heteroatoms. The summed E-state index contributed by atoms with van der Waals surface area (Å²) in [7, 11) is 0. The Balaban J connectivity index is 2.77. The highest BCUT2D eigenvalue weighted by Crippen LogP contribution is 2.30. The third-order valence-electron chi connectivity index (χ3n) is 1.97. The summed E-state index contributed by atoms with van der Waals surface area (Å²) in [6.45, 7) is 0. The maximum atomic E-state index is 9.56. The van der Waals surface area contributed by atoms with Gasteiger partial charge in [0.25, 0.3) is 0 Å². The highest BCUT2D eigenvalue weighted by atomic mass is 16.3. The second kappa shape index (κ2) is 3.45. The van der Waals surface area contributed by atoms with Crippen molar-refractivity contribution in [3.8, 4) is 5.75 Å². The molecule has 5 nitrogen and oxygen atoms in total. The van der Waals surface area contributed by atoms with Crippen LogP contribution in [0.25, 0.3) is 10.9 Å². The molecule has 1 aromatic carbocycles. The average Bonchev–Trinajstić information content (AvgIpc) is 2.22. The minimum absolute atomic E-state index is 0.0224. The Morgan fingerprint density at radius 1 is 1.27 bits per heavy atom. The van der Waals surface area contributed by atoms with E-state index in [1.807, 2.05) is 0 Å². The van der Waals surface area contributed by atoms with Crippen molar-refractivity contribution >= 4 is 22.5 Å². The molecule has 0 saturated carbocycles. The summed E-state index contributed by atoms with van der Waals surface area (Å²) >= 11 is 0. The fourth-order valence-electron chi connectivity index (χ4n) is 1.38. The van der Waals surface area contributed by atoms with Gasteiger partial charge in [0.05, 0.1) is 5.69 Å². The number of fused-ring (bicyclic) bond motifs is 1. The van der Waals surface area contributed by atoms with Crippen LogP contribution in [0.15, 0.2) is 35.5 Å². The third-order valence-corrected chi connectivity index (χ3v) is 1.97. The molecule has 1 aromatic heterocycles. The van der Waals surface area contributed by atoms with Gasteiger partial charge >= 0.3 is 0 Å². The molecule has 0 aliphatic carbocycles. The average molecular weight is 202 g/mol. The predicted octanol–water partition coefficient (Wildman–Crippen LogP) is 0.845. The molecular formula is C10H10N4O. The van der Waals surface area contributed by atoms with Gasteiger partial charge in [0.2, 0.25) is 0 Å². The van der Waals surface area contributed by atoms with E-state index in [2.05, 4.69) is 9.98 Å². The number of hydrogen-bond donors (Lipinski definition) is 3. The van der Waals surface area contributed by atoms with E-state index in [0.29, 0.717) is 16.6 Å². The van der Waals surface area contributed by atoms with Gasteiger partial charge < -0.3 is 16.6 Å². The van der Waals surface area contributed by atoms with Gasteiger partial charge in [-0.3, -0.25) is 4.98 Å². The SMILES string of the molecule is NC(N)=Nc1ccc(O)c2ncccc12. The van der Waals surface area contributed by atoms with Gasteiger partial charge in [0, 0.05) is 11.6 Å². The van der Waals surface area contributed by atoms with Crippen molar-refractivity contribution in [2.45, 2.75) is 0 Å². The number of benzene rings is 1. The van der Waals surface area contributed by atoms with Crippen molar-refractivity contribution in [1.82, 2.24) is 4.98 Å². The van der Waals surface area contributed by atoms with Crippen LogP contribution in [0, 0.1) is 0 Å². The summed E-state index contributed by atoms with van der Waals surface area (Å²) in [5, 5.41) is 10.3. The van der Waals surface area contributed by atoms with E-state index in [1.165, 1.54) is 6.07 Å². The summed E-state index contributed by atoms with van der Waals surface area (Å²) in [5.41, 5.74) is 11.7. The normalized spacial score (nSPS) is 10.1. The maximum Gasteiger partial charge on any atom is 0.191 e. The molecule has 0 fully saturated rings. The first-order valence-corrected chi connectivity index (χ1v) is 4.35. The van der Waals surface area contributed by atoms with E-state index < -0.39 is 0 Å². The van der Waals surface area contributed by atoms with E-state index in [1.54, 1.807) is 24.4 Å². The van der Waals surface area contributed by atoms with E-state index >= 15 is 0 Å². The number of rotatable bonds is 1. The molecule has 0 aliphatic heterocycles. The fraction of sp³-hybridized carbons (Fsp3) is 0. The molecule has 0 saturated heterocycles. The van der Waals surface area contributed by atoms with Crippen molar-refractivity contribution < 1.29 is 5.11 Å². The van der Waals surface area contributed by atoms with Crippen LogP contribution in [0.2, 0.25) is 0 Å². The number of phenols is 1.